The summed E-state index contributed by atoms with van der Waals surface area (Å²) in [6.07, 6.45) is 2.42. The van der Waals surface area contributed by atoms with Crippen LogP contribution in [0.5, 0.6) is 0 Å². The van der Waals surface area contributed by atoms with E-state index in [4.69, 9.17) is 5.26 Å². The van der Waals surface area contributed by atoms with Crippen molar-refractivity contribution in [2.75, 3.05) is 18.1 Å². The molecule has 1 heterocycles. The molecule has 1 N–H and O–H groups in total. The van der Waals surface area contributed by atoms with Crippen molar-refractivity contribution in [3.63, 3.8) is 0 Å². The van der Waals surface area contributed by atoms with E-state index in [-0.39, 0.29) is 11.5 Å². The zero-order valence-corrected chi connectivity index (χ0v) is 8.81. The molecular formula is C9H14N2O2S. The first-order chi connectivity index (χ1) is 6.54. The lowest BCUT2D eigenvalue weighted by Crippen LogP contribution is -2.49. The third kappa shape index (κ3) is 2.56. The average Bonchev–Trinajstić information content (AvgIpc) is 2.18. The van der Waals surface area contributed by atoms with E-state index >= 15 is 0 Å². The molecule has 0 bridgehead atoms. The molecule has 14 heavy (non-hydrogen) atoms. The fourth-order valence-corrected chi connectivity index (χ4v) is 3.01. The molecule has 0 saturated carbocycles. The number of sulfone groups is 1. The van der Waals surface area contributed by atoms with Gasteiger partial charge in [-0.15, -0.1) is 6.58 Å². The smallest absolute Gasteiger partial charge is 0.150 e. The summed E-state index contributed by atoms with van der Waals surface area (Å²) in [6.45, 7) is 4.08. The van der Waals surface area contributed by atoms with Gasteiger partial charge in [0.15, 0.2) is 9.84 Å². The van der Waals surface area contributed by atoms with E-state index in [1.165, 1.54) is 0 Å². The third-order valence-electron chi connectivity index (χ3n) is 2.48. The summed E-state index contributed by atoms with van der Waals surface area (Å²) in [7, 11) is -2.91. The Morgan fingerprint density at radius 1 is 1.50 bits per heavy atom. The van der Waals surface area contributed by atoms with Gasteiger partial charge in [0, 0.05) is 6.54 Å². The van der Waals surface area contributed by atoms with Crippen molar-refractivity contribution in [2.24, 2.45) is 0 Å². The van der Waals surface area contributed by atoms with Crippen molar-refractivity contribution < 1.29 is 8.42 Å². The lowest BCUT2D eigenvalue weighted by molar-refractivity contribution is 0.391. The van der Waals surface area contributed by atoms with Crippen LogP contribution < -0.4 is 5.32 Å². The molecular weight excluding hydrogens is 200 g/mol. The lowest BCUT2D eigenvalue weighted by atomic mass is 9.94. The molecule has 1 rings (SSSR count). The highest BCUT2D eigenvalue weighted by molar-refractivity contribution is 7.91. The molecule has 0 aromatic carbocycles. The summed E-state index contributed by atoms with van der Waals surface area (Å²) in [5.41, 5.74) is -0.667. The second-order valence-corrected chi connectivity index (χ2v) is 5.82. The van der Waals surface area contributed by atoms with E-state index in [0.717, 1.165) is 0 Å². The zero-order chi connectivity index (χ0) is 10.7. The Hall–Kier alpha value is -0.860. The summed E-state index contributed by atoms with van der Waals surface area (Å²) < 4.78 is 22.3. The van der Waals surface area contributed by atoms with Crippen molar-refractivity contribution in [1.82, 2.24) is 5.32 Å². The van der Waals surface area contributed by atoms with E-state index in [1.807, 2.05) is 0 Å². The molecule has 0 spiro atoms. The summed E-state index contributed by atoms with van der Waals surface area (Å²) in [5.74, 6) is 0.204. The van der Waals surface area contributed by atoms with Gasteiger partial charge in [0.25, 0.3) is 0 Å². The average molecular weight is 214 g/mol. The van der Waals surface area contributed by atoms with Gasteiger partial charge >= 0.3 is 0 Å². The van der Waals surface area contributed by atoms with Crippen LogP contribution in [0.2, 0.25) is 0 Å². The fourth-order valence-electron chi connectivity index (χ4n) is 1.48. The molecule has 0 unspecified atom stereocenters. The number of nitrogens with one attached hydrogen (secondary N) is 1. The molecule has 0 radical (unpaired) electrons. The van der Waals surface area contributed by atoms with E-state index < -0.39 is 15.4 Å². The first-order valence-corrected chi connectivity index (χ1v) is 6.33. The van der Waals surface area contributed by atoms with Crippen molar-refractivity contribution in [1.29, 1.82) is 5.26 Å². The van der Waals surface area contributed by atoms with Crippen LogP contribution in [0.15, 0.2) is 12.7 Å². The first kappa shape index (κ1) is 11.2. The Bertz CT molecular complexity index is 339. The SMILES string of the molecule is C=CCNC1(C#N)CCS(=O)(=O)CC1. The molecule has 0 aliphatic carbocycles. The van der Waals surface area contributed by atoms with E-state index in [1.54, 1.807) is 6.08 Å². The molecule has 0 amide bonds. The molecule has 1 aliphatic rings. The van der Waals surface area contributed by atoms with Gasteiger partial charge in [0.1, 0.15) is 5.54 Å². The number of hydrogen-bond donors (Lipinski definition) is 1. The maximum absolute atomic E-state index is 11.2. The van der Waals surface area contributed by atoms with Crippen LogP contribution in [0, 0.1) is 11.3 Å². The van der Waals surface area contributed by atoms with Gasteiger partial charge in [0.2, 0.25) is 0 Å². The summed E-state index contributed by atoms with van der Waals surface area (Å²) >= 11 is 0. The van der Waals surface area contributed by atoms with Crippen LogP contribution in [0.4, 0.5) is 0 Å². The highest BCUT2D eigenvalue weighted by atomic mass is 32.2. The maximum atomic E-state index is 11.2. The minimum atomic E-state index is -2.91. The van der Waals surface area contributed by atoms with E-state index in [2.05, 4.69) is 18.0 Å². The fraction of sp³-hybridized carbons (Fsp3) is 0.667. The minimum Gasteiger partial charge on any atom is -0.296 e. The maximum Gasteiger partial charge on any atom is 0.150 e. The van der Waals surface area contributed by atoms with Crippen molar-refractivity contribution in [3.05, 3.63) is 12.7 Å². The van der Waals surface area contributed by atoms with Gasteiger partial charge in [-0.25, -0.2) is 8.42 Å². The van der Waals surface area contributed by atoms with Crippen molar-refractivity contribution >= 4 is 9.84 Å². The molecule has 0 aromatic rings. The second kappa shape index (κ2) is 4.11. The van der Waals surface area contributed by atoms with Crippen molar-refractivity contribution in [3.8, 4) is 6.07 Å². The van der Waals surface area contributed by atoms with Crippen LogP contribution in [0.3, 0.4) is 0 Å². The van der Waals surface area contributed by atoms with Gasteiger partial charge in [-0.05, 0) is 12.8 Å². The Morgan fingerprint density at radius 3 is 2.50 bits per heavy atom. The largest absolute Gasteiger partial charge is 0.296 e. The second-order valence-electron chi connectivity index (χ2n) is 3.52. The van der Waals surface area contributed by atoms with Crippen LogP contribution in [0.1, 0.15) is 12.8 Å². The number of nitrogens with zero attached hydrogens (tertiary/aromatic N) is 1. The molecule has 4 nitrogen and oxygen atoms in total. The normalized spacial score (nSPS) is 23.6. The third-order valence-corrected chi connectivity index (χ3v) is 4.13. The van der Waals surface area contributed by atoms with Crippen LogP contribution in [0.25, 0.3) is 0 Å². The monoisotopic (exact) mass is 214 g/mol. The minimum absolute atomic E-state index is 0.102. The summed E-state index contributed by atoms with van der Waals surface area (Å²) in [6, 6.07) is 2.17. The van der Waals surface area contributed by atoms with E-state index in [0.29, 0.717) is 19.4 Å². The summed E-state index contributed by atoms with van der Waals surface area (Å²) in [4.78, 5) is 0. The predicted octanol–water partition coefficient (Wildman–Crippen LogP) is 0.233. The number of rotatable bonds is 3. The van der Waals surface area contributed by atoms with E-state index in [9.17, 15) is 8.42 Å². The van der Waals surface area contributed by atoms with Gasteiger partial charge in [-0.3, -0.25) is 5.32 Å². The Balaban J connectivity index is 2.67. The van der Waals surface area contributed by atoms with Crippen LogP contribution in [-0.2, 0) is 9.84 Å². The number of nitriles is 1. The highest BCUT2D eigenvalue weighted by Gasteiger charge is 2.36. The Kier molecular flexibility index (Phi) is 3.29. The highest BCUT2D eigenvalue weighted by Crippen LogP contribution is 2.22. The zero-order valence-electron chi connectivity index (χ0n) is 7.99. The Labute approximate surface area is 84.5 Å². The lowest BCUT2D eigenvalue weighted by Gasteiger charge is -2.31. The number of hydrogen-bond acceptors (Lipinski definition) is 4. The molecule has 78 valence electrons. The first-order valence-electron chi connectivity index (χ1n) is 4.51. The molecule has 5 heteroatoms. The van der Waals surface area contributed by atoms with Crippen LogP contribution >= 0.6 is 0 Å². The molecule has 1 saturated heterocycles. The molecule has 0 atom stereocenters. The molecule has 1 fully saturated rings. The topological polar surface area (TPSA) is 70.0 Å². The predicted molar refractivity (Wildman–Crippen MR) is 54.4 cm³/mol. The summed E-state index contributed by atoms with van der Waals surface area (Å²) in [5, 5.41) is 12.0. The van der Waals surface area contributed by atoms with Gasteiger partial charge in [-0.1, -0.05) is 6.08 Å². The van der Waals surface area contributed by atoms with Gasteiger partial charge < -0.3 is 0 Å². The van der Waals surface area contributed by atoms with Gasteiger partial charge in [0.05, 0.1) is 17.6 Å². The Morgan fingerprint density at radius 2 is 2.07 bits per heavy atom. The molecule has 0 aromatic heterocycles. The quantitative estimate of drug-likeness (QED) is 0.683. The van der Waals surface area contributed by atoms with Crippen LogP contribution in [-0.4, -0.2) is 32.0 Å². The molecule has 1 aliphatic heterocycles. The standard InChI is InChI=1S/C9H14N2O2S/c1-2-5-11-9(8-10)3-6-14(12,13)7-4-9/h2,11H,1,3-7H2. The van der Waals surface area contributed by atoms with Crippen molar-refractivity contribution in [2.45, 2.75) is 18.4 Å². The van der Waals surface area contributed by atoms with Gasteiger partial charge in [-0.2, -0.15) is 5.26 Å².